The SMILES string of the molecule is C=CC(C)=N/C=C1/C=CC=CC1C.CCCCSc1ccc(N=C(N)NC=O)c(C(=O)Nc2ncc[nH]2)c1. The number of unbranched alkanes of at least 4 members (excludes halogenated alkanes) is 1. The number of anilines is 1. The molecule has 2 amide bonds. The Morgan fingerprint density at radius 1 is 1.34 bits per heavy atom. The molecule has 1 aromatic heterocycles. The van der Waals surface area contributed by atoms with Crippen molar-refractivity contribution >= 4 is 47.4 Å². The second-order valence-corrected chi connectivity index (χ2v) is 9.34. The van der Waals surface area contributed by atoms with Crippen LogP contribution in [0.4, 0.5) is 11.6 Å². The summed E-state index contributed by atoms with van der Waals surface area (Å²) in [5, 5.41) is 4.92. The first kappa shape index (κ1) is 30.0. The molecule has 0 saturated heterocycles. The van der Waals surface area contributed by atoms with E-state index in [-0.39, 0.29) is 11.9 Å². The molecule has 1 unspecified atom stereocenters. The van der Waals surface area contributed by atoms with Crippen molar-refractivity contribution in [3.8, 4) is 0 Å². The number of hydrogen-bond acceptors (Lipinski definition) is 6. The number of nitrogens with one attached hydrogen (secondary N) is 3. The normalized spacial score (nSPS) is 16.0. The van der Waals surface area contributed by atoms with Gasteiger partial charge in [0.25, 0.3) is 5.91 Å². The van der Waals surface area contributed by atoms with Gasteiger partial charge in [0.15, 0.2) is 5.96 Å². The van der Waals surface area contributed by atoms with Gasteiger partial charge in [0.1, 0.15) is 0 Å². The number of guanidine groups is 1. The molecule has 0 radical (unpaired) electrons. The molecule has 1 aromatic carbocycles. The van der Waals surface area contributed by atoms with Gasteiger partial charge < -0.3 is 10.7 Å². The van der Waals surface area contributed by atoms with Crippen molar-refractivity contribution in [1.29, 1.82) is 0 Å². The molecular formula is C28H35N7O2S. The van der Waals surface area contributed by atoms with E-state index >= 15 is 0 Å². The van der Waals surface area contributed by atoms with Crippen LogP contribution in [0.1, 0.15) is 44.0 Å². The second-order valence-electron chi connectivity index (χ2n) is 8.17. The minimum atomic E-state index is -0.370. The number of aromatic amines is 1. The Labute approximate surface area is 228 Å². The van der Waals surface area contributed by atoms with Crippen molar-refractivity contribution in [1.82, 2.24) is 15.3 Å². The lowest BCUT2D eigenvalue weighted by molar-refractivity contribution is -0.108. The highest BCUT2D eigenvalue weighted by Crippen LogP contribution is 2.28. The average Bonchev–Trinajstić information content (AvgIpc) is 3.42. The van der Waals surface area contributed by atoms with E-state index in [0.29, 0.717) is 29.5 Å². The first-order valence-corrected chi connectivity index (χ1v) is 13.2. The van der Waals surface area contributed by atoms with Crippen molar-refractivity contribution < 1.29 is 9.59 Å². The monoisotopic (exact) mass is 533 g/mol. The number of nitrogens with two attached hydrogens (primary N) is 1. The van der Waals surface area contributed by atoms with E-state index in [1.807, 2.05) is 25.3 Å². The van der Waals surface area contributed by atoms with Gasteiger partial charge in [-0.3, -0.25) is 25.2 Å². The van der Waals surface area contributed by atoms with Crippen LogP contribution in [-0.4, -0.2) is 39.7 Å². The minimum absolute atomic E-state index is 0.0894. The molecule has 3 rings (SSSR count). The Hall–Kier alpha value is -4.18. The Balaban J connectivity index is 0.000000328. The zero-order chi connectivity index (χ0) is 27.8. The van der Waals surface area contributed by atoms with Gasteiger partial charge in [-0.2, -0.15) is 0 Å². The highest BCUT2D eigenvalue weighted by molar-refractivity contribution is 7.99. The third-order valence-electron chi connectivity index (χ3n) is 5.20. The molecule has 0 aliphatic heterocycles. The molecular weight excluding hydrogens is 498 g/mol. The van der Waals surface area contributed by atoms with Gasteiger partial charge >= 0.3 is 0 Å². The Bertz CT molecular complexity index is 1230. The smallest absolute Gasteiger partial charge is 0.260 e. The standard InChI is InChI=1S/C16H20N6O2S.C12H15N/c1-2-3-8-25-11-4-5-13(21-15(17)20-10-23)12(9-11)14(24)22-16-18-6-7-19-16;1-4-11(3)13-9-12-8-6-5-7-10(12)2/h4-7,9-10H,2-3,8H2,1H3,(H3,17,20,21,23)(H2,18,19,22,24);4-10H,1H2,2-3H3/b;12-9-,13-11?. The van der Waals surface area contributed by atoms with Crippen LogP contribution < -0.4 is 16.4 Å². The Morgan fingerprint density at radius 2 is 2.16 bits per heavy atom. The van der Waals surface area contributed by atoms with E-state index in [4.69, 9.17) is 5.73 Å². The highest BCUT2D eigenvalue weighted by Gasteiger charge is 2.14. The quantitative estimate of drug-likeness (QED) is 0.105. The maximum absolute atomic E-state index is 12.6. The summed E-state index contributed by atoms with van der Waals surface area (Å²) in [6.07, 6.45) is 17.8. The number of aliphatic imine (C=N–C) groups is 2. The van der Waals surface area contributed by atoms with Crippen LogP contribution in [0, 0.1) is 5.92 Å². The summed E-state index contributed by atoms with van der Waals surface area (Å²) >= 11 is 1.67. The lowest BCUT2D eigenvalue weighted by Gasteiger charge is -2.09. The second kappa shape index (κ2) is 16.5. The fourth-order valence-electron chi connectivity index (χ4n) is 3.00. The molecule has 38 heavy (non-hydrogen) atoms. The van der Waals surface area contributed by atoms with E-state index in [1.165, 1.54) is 11.8 Å². The van der Waals surface area contributed by atoms with Crippen molar-refractivity contribution in [3.05, 3.63) is 84.9 Å². The van der Waals surface area contributed by atoms with E-state index in [9.17, 15) is 9.59 Å². The lowest BCUT2D eigenvalue weighted by atomic mass is 9.98. The molecule has 200 valence electrons. The first-order chi connectivity index (χ1) is 18.4. The van der Waals surface area contributed by atoms with Gasteiger partial charge in [-0.25, -0.2) is 9.98 Å². The Kier molecular flexibility index (Phi) is 13.1. The fraction of sp³-hybridized carbons (Fsp3) is 0.250. The summed E-state index contributed by atoms with van der Waals surface area (Å²) in [4.78, 5) is 39.1. The topological polar surface area (TPSA) is 138 Å². The number of carbonyl (C=O) groups is 2. The van der Waals surface area contributed by atoms with E-state index in [0.717, 1.165) is 29.2 Å². The molecule has 1 atom stereocenters. The molecule has 0 fully saturated rings. The number of amides is 2. The largest absolute Gasteiger partial charge is 0.369 e. The van der Waals surface area contributed by atoms with Gasteiger partial charge in [-0.05, 0) is 48.9 Å². The number of carbonyl (C=O) groups excluding carboxylic acids is 2. The summed E-state index contributed by atoms with van der Waals surface area (Å²) in [5.74, 6) is 1.31. The van der Waals surface area contributed by atoms with Crippen molar-refractivity contribution in [2.45, 2.75) is 38.5 Å². The summed E-state index contributed by atoms with van der Waals surface area (Å²) in [7, 11) is 0. The number of benzene rings is 1. The van der Waals surface area contributed by atoms with E-state index in [2.05, 4.69) is 69.2 Å². The summed E-state index contributed by atoms with van der Waals surface area (Å²) < 4.78 is 0. The predicted octanol–water partition coefficient (Wildman–Crippen LogP) is 5.53. The maximum Gasteiger partial charge on any atom is 0.260 e. The third kappa shape index (κ3) is 10.4. The van der Waals surface area contributed by atoms with Crippen molar-refractivity contribution in [2.75, 3.05) is 11.1 Å². The van der Waals surface area contributed by atoms with Gasteiger partial charge in [-0.1, -0.05) is 51.2 Å². The number of thioether (sulfide) groups is 1. The van der Waals surface area contributed by atoms with E-state index < -0.39 is 0 Å². The number of allylic oxidation sites excluding steroid dienone is 6. The van der Waals surface area contributed by atoms with Crippen LogP contribution in [0.2, 0.25) is 0 Å². The van der Waals surface area contributed by atoms with Crippen molar-refractivity contribution in [2.24, 2.45) is 21.6 Å². The van der Waals surface area contributed by atoms with Gasteiger partial charge in [-0.15, -0.1) is 11.8 Å². The molecule has 9 nitrogen and oxygen atoms in total. The number of aromatic nitrogens is 2. The number of nitrogens with zero attached hydrogens (tertiary/aromatic N) is 3. The molecule has 1 heterocycles. The van der Waals surface area contributed by atoms with Gasteiger partial charge in [0.2, 0.25) is 12.4 Å². The molecule has 2 aromatic rings. The van der Waals surface area contributed by atoms with Gasteiger partial charge in [0, 0.05) is 35.1 Å². The first-order valence-electron chi connectivity index (χ1n) is 12.2. The van der Waals surface area contributed by atoms with Crippen LogP contribution in [-0.2, 0) is 4.79 Å². The molecule has 5 N–H and O–H groups in total. The van der Waals surface area contributed by atoms with Crippen LogP contribution in [0.3, 0.4) is 0 Å². The molecule has 0 bridgehead atoms. The maximum atomic E-state index is 12.6. The molecule has 0 saturated carbocycles. The average molecular weight is 534 g/mol. The summed E-state index contributed by atoms with van der Waals surface area (Å²) in [6, 6.07) is 5.33. The zero-order valence-electron chi connectivity index (χ0n) is 22.0. The number of hydrogen-bond donors (Lipinski definition) is 4. The zero-order valence-corrected chi connectivity index (χ0v) is 22.8. The van der Waals surface area contributed by atoms with Crippen molar-refractivity contribution in [3.63, 3.8) is 0 Å². The third-order valence-corrected chi connectivity index (χ3v) is 6.28. The van der Waals surface area contributed by atoms with Crippen LogP contribution >= 0.6 is 11.8 Å². The van der Waals surface area contributed by atoms with E-state index in [1.54, 1.807) is 36.2 Å². The van der Waals surface area contributed by atoms with Gasteiger partial charge in [0.05, 0.1) is 11.3 Å². The van der Waals surface area contributed by atoms with Crippen LogP contribution in [0.25, 0.3) is 0 Å². The molecule has 1 aliphatic rings. The Morgan fingerprint density at radius 3 is 2.82 bits per heavy atom. The highest BCUT2D eigenvalue weighted by atomic mass is 32.2. The molecule has 1 aliphatic carbocycles. The summed E-state index contributed by atoms with van der Waals surface area (Å²) in [5.41, 5.74) is 8.49. The predicted molar refractivity (Wildman–Crippen MR) is 158 cm³/mol. The minimum Gasteiger partial charge on any atom is -0.369 e. The lowest BCUT2D eigenvalue weighted by Crippen LogP contribution is -2.29. The molecule has 10 heteroatoms. The van der Waals surface area contributed by atoms with Crippen LogP contribution in [0.15, 0.2) is 94.2 Å². The number of H-pyrrole nitrogens is 1. The molecule has 0 spiro atoms. The van der Waals surface area contributed by atoms with Crippen LogP contribution in [0.5, 0.6) is 0 Å². The number of imidazole rings is 1. The summed E-state index contributed by atoms with van der Waals surface area (Å²) in [6.45, 7) is 9.88. The number of rotatable bonds is 10. The fourth-order valence-corrected chi connectivity index (χ4v) is 4.03.